The minimum absolute atomic E-state index is 0.0632. The topological polar surface area (TPSA) is 89.8 Å². The number of hydrogen-bond donors (Lipinski definition) is 1. The lowest BCUT2D eigenvalue weighted by atomic mass is 10.1. The second kappa shape index (κ2) is 6.64. The first-order valence-electron chi connectivity index (χ1n) is 7.68. The molecule has 0 saturated carbocycles. The summed E-state index contributed by atoms with van der Waals surface area (Å²) in [6.45, 7) is 1.72. The largest absolute Gasteiger partial charge is 0.355 e. The van der Waals surface area contributed by atoms with Crippen molar-refractivity contribution in [2.75, 3.05) is 11.6 Å². The number of sulfone groups is 1. The highest BCUT2D eigenvalue weighted by Gasteiger charge is 2.23. The average molecular weight is 357 g/mol. The highest BCUT2D eigenvalue weighted by atomic mass is 32.2. The first-order chi connectivity index (χ1) is 11.9. The van der Waals surface area contributed by atoms with E-state index in [-0.39, 0.29) is 16.8 Å². The van der Waals surface area contributed by atoms with Crippen molar-refractivity contribution >= 4 is 15.7 Å². The van der Waals surface area contributed by atoms with Gasteiger partial charge in [-0.1, -0.05) is 30.3 Å². The predicted octanol–water partition coefficient (Wildman–Crippen LogP) is 2.12. The van der Waals surface area contributed by atoms with Gasteiger partial charge in [-0.25, -0.2) is 23.4 Å². The Kier molecular flexibility index (Phi) is 4.54. The van der Waals surface area contributed by atoms with Crippen LogP contribution >= 0.6 is 0 Å². The molecule has 1 aromatic carbocycles. The van der Waals surface area contributed by atoms with E-state index in [2.05, 4.69) is 20.3 Å². The maximum Gasteiger partial charge on any atom is 0.180 e. The van der Waals surface area contributed by atoms with E-state index in [4.69, 9.17) is 0 Å². The summed E-state index contributed by atoms with van der Waals surface area (Å²) in [6, 6.07) is 9.35. The molecule has 1 atom stereocenters. The van der Waals surface area contributed by atoms with Crippen molar-refractivity contribution in [3.8, 4) is 0 Å². The minimum atomic E-state index is -3.47. The molecule has 130 valence electrons. The Hall–Kier alpha value is -2.74. The van der Waals surface area contributed by atoms with Crippen molar-refractivity contribution in [2.45, 2.75) is 17.9 Å². The molecule has 25 heavy (non-hydrogen) atoms. The lowest BCUT2D eigenvalue weighted by Crippen LogP contribution is -2.19. The van der Waals surface area contributed by atoms with Gasteiger partial charge in [0, 0.05) is 25.7 Å². The van der Waals surface area contributed by atoms with Gasteiger partial charge < -0.3 is 9.88 Å². The lowest BCUT2D eigenvalue weighted by molar-refractivity contribution is 0.601. The number of benzene rings is 1. The zero-order chi connectivity index (χ0) is 18.0. The van der Waals surface area contributed by atoms with Gasteiger partial charge >= 0.3 is 0 Å². The van der Waals surface area contributed by atoms with Crippen LogP contribution in [0.2, 0.25) is 0 Å². The van der Waals surface area contributed by atoms with Gasteiger partial charge in [-0.15, -0.1) is 0 Å². The van der Waals surface area contributed by atoms with Crippen molar-refractivity contribution in [3.05, 3.63) is 66.1 Å². The summed E-state index contributed by atoms with van der Waals surface area (Å²) in [6.07, 6.45) is 6.02. The second-order valence-corrected chi connectivity index (χ2v) is 7.77. The number of imidazole rings is 1. The fourth-order valence-corrected chi connectivity index (χ4v) is 3.27. The molecule has 0 spiro atoms. The van der Waals surface area contributed by atoms with Crippen LogP contribution in [0.4, 0.5) is 5.82 Å². The Morgan fingerprint density at radius 2 is 1.88 bits per heavy atom. The third-order valence-corrected chi connectivity index (χ3v) is 4.90. The minimum Gasteiger partial charge on any atom is -0.355 e. The normalized spacial score (nSPS) is 12.8. The molecule has 0 aliphatic heterocycles. The van der Waals surface area contributed by atoms with E-state index in [1.54, 1.807) is 13.1 Å². The Bertz CT molecular complexity index is 983. The number of aryl methyl sites for hydroxylation is 2. The summed E-state index contributed by atoms with van der Waals surface area (Å²) in [5.41, 5.74) is 0.951. The van der Waals surface area contributed by atoms with Crippen molar-refractivity contribution in [1.82, 2.24) is 19.5 Å². The molecular formula is C17H19N5O2S. The van der Waals surface area contributed by atoms with Crippen molar-refractivity contribution in [2.24, 2.45) is 7.05 Å². The highest BCUT2D eigenvalue weighted by Crippen LogP contribution is 2.27. The molecule has 0 radical (unpaired) electrons. The van der Waals surface area contributed by atoms with E-state index in [0.29, 0.717) is 5.82 Å². The van der Waals surface area contributed by atoms with Gasteiger partial charge in [0.1, 0.15) is 28.4 Å². The van der Waals surface area contributed by atoms with E-state index in [9.17, 15) is 8.42 Å². The Morgan fingerprint density at radius 3 is 2.48 bits per heavy atom. The number of rotatable bonds is 5. The van der Waals surface area contributed by atoms with Gasteiger partial charge in [0.05, 0.1) is 6.20 Å². The van der Waals surface area contributed by atoms with Gasteiger partial charge in [0.2, 0.25) is 0 Å². The van der Waals surface area contributed by atoms with Crippen LogP contribution in [0, 0.1) is 6.92 Å². The van der Waals surface area contributed by atoms with Crippen molar-refractivity contribution in [1.29, 1.82) is 0 Å². The summed E-state index contributed by atoms with van der Waals surface area (Å²) < 4.78 is 26.1. The average Bonchev–Trinajstić information content (AvgIpc) is 2.98. The van der Waals surface area contributed by atoms with Gasteiger partial charge in [-0.3, -0.25) is 0 Å². The standard InChI is InChI=1S/C17H19N5O2S/c1-12-19-11-14(25(3,23)24)16(20-12)21-15(13-7-5-4-6-8-13)17-18-9-10-22(17)2/h4-11,15H,1-3H3,(H,19,20,21). The molecule has 0 fully saturated rings. The van der Waals surface area contributed by atoms with Gasteiger partial charge in [0.25, 0.3) is 0 Å². The first kappa shape index (κ1) is 17.1. The fourth-order valence-electron chi connectivity index (χ4n) is 2.57. The molecule has 8 heteroatoms. The molecule has 1 N–H and O–H groups in total. The molecule has 0 saturated heterocycles. The van der Waals surface area contributed by atoms with E-state index in [1.165, 1.54) is 6.20 Å². The Morgan fingerprint density at radius 1 is 1.16 bits per heavy atom. The molecule has 3 rings (SSSR count). The monoisotopic (exact) mass is 357 g/mol. The van der Waals surface area contributed by atoms with Gasteiger partial charge in [-0.2, -0.15) is 0 Å². The zero-order valence-electron chi connectivity index (χ0n) is 14.2. The fraction of sp³-hybridized carbons (Fsp3) is 0.235. The van der Waals surface area contributed by atoms with E-state index >= 15 is 0 Å². The lowest BCUT2D eigenvalue weighted by Gasteiger charge is -2.21. The maximum atomic E-state index is 12.1. The van der Waals surface area contributed by atoms with Crippen LogP contribution in [-0.4, -0.2) is 34.2 Å². The number of hydrogen-bond acceptors (Lipinski definition) is 6. The molecule has 0 aliphatic carbocycles. The van der Waals surface area contributed by atoms with Gasteiger partial charge in [0.15, 0.2) is 9.84 Å². The van der Waals surface area contributed by atoms with Crippen LogP contribution in [0.3, 0.4) is 0 Å². The third-order valence-electron chi connectivity index (χ3n) is 3.81. The highest BCUT2D eigenvalue weighted by molar-refractivity contribution is 7.90. The molecule has 0 bridgehead atoms. The van der Waals surface area contributed by atoms with E-state index in [1.807, 2.05) is 48.1 Å². The Labute approximate surface area is 146 Å². The smallest absolute Gasteiger partial charge is 0.180 e. The SMILES string of the molecule is Cc1ncc(S(C)(=O)=O)c(NC(c2ccccc2)c2nccn2C)n1. The van der Waals surface area contributed by atoms with E-state index < -0.39 is 9.84 Å². The van der Waals surface area contributed by atoms with Crippen LogP contribution < -0.4 is 5.32 Å². The number of anilines is 1. The second-order valence-electron chi connectivity index (χ2n) is 5.79. The first-order valence-corrected chi connectivity index (χ1v) is 9.58. The van der Waals surface area contributed by atoms with Crippen LogP contribution in [0.15, 0.2) is 53.8 Å². The van der Waals surface area contributed by atoms with Crippen LogP contribution in [0.25, 0.3) is 0 Å². The summed E-state index contributed by atoms with van der Waals surface area (Å²) in [5, 5.41) is 3.24. The molecule has 7 nitrogen and oxygen atoms in total. The van der Waals surface area contributed by atoms with Crippen LogP contribution in [0.5, 0.6) is 0 Å². The molecule has 0 amide bonds. The summed E-state index contributed by atoms with van der Waals surface area (Å²) >= 11 is 0. The molecule has 1 unspecified atom stereocenters. The molecule has 2 heterocycles. The maximum absolute atomic E-state index is 12.1. The van der Waals surface area contributed by atoms with E-state index in [0.717, 1.165) is 17.6 Å². The Balaban J connectivity index is 2.12. The third kappa shape index (κ3) is 3.69. The van der Waals surface area contributed by atoms with Crippen molar-refractivity contribution < 1.29 is 8.42 Å². The predicted molar refractivity (Wildman–Crippen MR) is 95.0 cm³/mol. The summed E-state index contributed by atoms with van der Waals surface area (Å²) in [7, 11) is -1.58. The number of nitrogens with one attached hydrogen (secondary N) is 1. The number of aromatic nitrogens is 4. The summed E-state index contributed by atoms with van der Waals surface area (Å²) in [5.74, 6) is 1.51. The van der Waals surface area contributed by atoms with Crippen LogP contribution in [-0.2, 0) is 16.9 Å². The quantitative estimate of drug-likeness (QED) is 0.752. The van der Waals surface area contributed by atoms with Crippen LogP contribution in [0.1, 0.15) is 23.3 Å². The van der Waals surface area contributed by atoms with Gasteiger partial charge in [-0.05, 0) is 12.5 Å². The molecule has 3 aromatic rings. The number of nitrogens with zero attached hydrogens (tertiary/aromatic N) is 4. The van der Waals surface area contributed by atoms with Crippen molar-refractivity contribution in [3.63, 3.8) is 0 Å². The molecule has 2 aromatic heterocycles. The zero-order valence-corrected chi connectivity index (χ0v) is 15.0. The molecule has 0 aliphatic rings. The summed E-state index contributed by atoms with van der Waals surface area (Å²) in [4.78, 5) is 12.8. The molecular weight excluding hydrogens is 338 g/mol.